The summed E-state index contributed by atoms with van der Waals surface area (Å²) in [4.78, 5) is 14.4. The van der Waals surface area contributed by atoms with Crippen LogP contribution < -0.4 is 4.90 Å². The summed E-state index contributed by atoms with van der Waals surface area (Å²) in [5.74, 6) is 0.241. The predicted molar refractivity (Wildman–Crippen MR) is 102 cm³/mol. The molecular weight excluding hydrogens is 370 g/mol. The molecule has 2 aromatic rings. The van der Waals surface area contributed by atoms with Crippen molar-refractivity contribution >= 4 is 21.2 Å². The Morgan fingerprint density at radius 2 is 1.81 bits per heavy atom. The fourth-order valence-electron chi connectivity index (χ4n) is 3.22. The molecule has 1 aliphatic rings. The van der Waals surface area contributed by atoms with Gasteiger partial charge in [0.15, 0.2) is 9.84 Å². The normalized spacial score (nSPS) is 15.7. The van der Waals surface area contributed by atoms with E-state index in [0.29, 0.717) is 18.8 Å². The minimum Gasteiger partial charge on any atom is -0.508 e. The predicted octanol–water partition coefficient (Wildman–Crippen LogP) is 2.03. The molecule has 27 heavy (non-hydrogen) atoms. The van der Waals surface area contributed by atoms with Crippen LogP contribution in [0.25, 0.3) is 0 Å². The molecule has 3 rings (SSSR count). The van der Waals surface area contributed by atoms with Crippen LogP contribution in [0.15, 0.2) is 47.4 Å². The highest BCUT2D eigenvalue weighted by atomic mass is 32.2. The van der Waals surface area contributed by atoms with E-state index < -0.39 is 20.4 Å². The summed E-state index contributed by atoms with van der Waals surface area (Å²) >= 11 is 0. The van der Waals surface area contributed by atoms with Crippen LogP contribution in [0.2, 0.25) is 0 Å². The lowest BCUT2D eigenvalue weighted by Gasteiger charge is -2.36. The third-order valence-corrected chi connectivity index (χ3v) is 5.72. The summed E-state index contributed by atoms with van der Waals surface area (Å²) in [6.07, 6.45) is 0.979. The lowest BCUT2D eigenvalue weighted by molar-refractivity contribution is -0.387. The molecule has 0 unspecified atom stereocenters. The standard InChI is InChI=1S/C18H21N3O5S/c1-27(25,26)18-12-15(5-6-17(18)21(23)24)20-9-7-19(8-10-20)13-14-3-2-4-16(22)11-14/h2-6,11-12,22H,7-10,13H2,1H3. The maximum atomic E-state index is 11.9. The van der Waals surface area contributed by atoms with Gasteiger partial charge in [-0.2, -0.15) is 0 Å². The van der Waals surface area contributed by atoms with Crippen molar-refractivity contribution in [2.24, 2.45) is 0 Å². The lowest BCUT2D eigenvalue weighted by Crippen LogP contribution is -2.46. The van der Waals surface area contributed by atoms with Gasteiger partial charge in [-0.1, -0.05) is 12.1 Å². The number of nitro groups is 1. The quantitative estimate of drug-likeness (QED) is 0.614. The largest absolute Gasteiger partial charge is 0.508 e. The smallest absolute Gasteiger partial charge is 0.288 e. The topological polar surface area (TPSA) is 104 Å². The van der Waals surface area contributed by atoms with Crippen molar-refractivity contribution in [1.82, 2.24) is 4.90 Å². The first-order chi connectivity index (χ1) is 12.7. The van der Waals surface area contributed by atoms with Gasteiger partial charge in [-0.25, -0.2) is 8.42 Å². The number of phenols is 1. The van der Waals surface area contributed by atoms with Crippen LogP contribution in [-0.4, -0.2) is 55.8 Å². The molecule has 1 N–H and O–H groups in total. The third kappa shape index (κ3) is 4.55. The van der Waals surface area contributed by atoms with E-state index in [-0.39, 0.29) is 10.6 Å². The zero-order chi connectivity index (χ0) is 19.6. The zero-order valence-corrected chi connectivity index (χ0v) is 15.7. The molecule has 0 atom stereocenters. The summed E-state index contributed by atoms with van der Waals surface area (Å²) in [6.45, 7) is 3.61. The monoisotopic (exact) mass is 391 g/mol. The van der Waals surface area contributed by atoms with Crippen LogP contribution in [0.1, 0.15) is 5.56 Å². The minimum atomic E-state index is -3.70. The van der Waals surface area contributed by atoms with Crippen molar-refractivity contribution in [3.05, 3.63) is 58.1 Å². The van der Waals surface area contributed by atoms with Crippen LogP contribution in [0.3, 0.4) is 0 Å². The average Bonchev–Trinajstić information content (AvgIpc) is 2.61. The number of phenolic OH excluding ortho intramolecular Hbond substituents is 1. The van der Waals surface area contributed by atoms with E-state index in [4.69, 9.17) is 0 Å². The summed E-state index contributed by atoms with van der Waals surface area (Å²) in [7, 11) is -3.70. The first-order valence-electron chi connectivity index (χ1n) is 8.48. The lowest BCUT2D eigenvalue weighted by atomic mass is 10.1. The number of rotatable bonds is 5. The Morgan fingerprint density at radius 1 is 1.11 bits per heavy atom. The van der Waals surface area contributed by atoms with E-state index in [2.05, 4.69) is 4.90 Å². The van der Waals surface area contributed by atoms with Crippen molar-refractivity contribution in [3.8, 4) is 5.75 Å². The molecule has 0 aliphatic carbocycles. The number of sulfone groups is 1. The van der Waals surface area contributed by atoms with Crippen molar-refractivity contribution in [2.75, 3.05) is 37.3 Å². The van der Waals surface area contributed by atoms with Gasteiger partial charge >= 0.3 is 0 Å². The van der Waals surface area contributed by atoms with Gasteiger partial charge in [0.1, 0.15) is 10.6 Å². The summed E-state index contributed by atoms with van der Waals surface area (Å²) in [5, 5.41) is 20.7. The van der Waals surface area contributed by atoms with E-state index in [1.165, 1.54) is 12.1 Å². The summed E-state index contributed by atoms with van der Waals surface area (Å²) in [6, 6.07) is 11.4. The molecule has 0 bridgehead atoms. The van der Waals surface area contributed by atoms with Gasteiger partial charge in [0.2, 0.25) is 0 Å². The molecule has 9 heteroatoms. The van der Waals surface area contributed by atoms with E-state index >= 15 is 0 Å². The van der Waals surface area contributed by atoms with Gasteiger partial charge in [-0.05, 0) is 29.8 Å². The molecule has 0 aromatic heterocycles. The van der Waals surface area contributed by atoms with Gasteiger partial charge in [0.25, 0.3) is 5.69 Å². The Labute approximate surface area is 157 Å². The number of benzene rings is 2. The second-order valence-corrected chi connectivity index (χ2v) is 8.60. The van der Waals surface area contributed by atoms with Crippen LogP contribution in [0.4, 0.5) is 11.4 Å². The van der Waals surface area contributed by atoms with Crippen molar-refractivity contribution in [2.45, 2.75) is 11.4 Å². The average molecular weight is 391 g/mol. The highest BCUT2D eigenvalue weighted by Gasteiger charge is 2.25. The zero-order valence-electron chi connectivity index (χ0n) is 14.9. The fourth-order valence-corrected chi connectivity index (χ4v) is 4.08. The highest BCUT2D eigenvalue weighted by molar-refractivity contribution is 7.90. The van der Waals surface area contributed by atoms with Gasteiger partial charge in [0, 0.05) is 50.7 Å². The summed E-state index contributed by atoms with van der Waals surface area (Å²) < 4.78 is 23.8. The Bertz CT molecular complexity index is 953. The van der Waals surface area contributed by atoms with Crippen LogP contribution in [-0.2, 0) is 16.4 Å². The second kappa shape index (κ2) is 7.53. The Kier molecular flexibility index (Phi) is 5.33. The highest BCUT2D eigenvalue weighted by Crippen LogP contribution is 2.29. The van der Waals surface area contributed by atoms with Gasteiger partial charge < -0.3 is 10.0 Å². The molecule has 2 aromatic carbocycles. The first kappa shape index (κ1) is 19.1. The third-order valence-electron chi connectivity index (χ3n) is 4.59. The molecule has 0 spiro atoms. The molecule has 1 saturated heterocycles. The number of piperazine rings is 1. The van der Waals surface area contributed by atoms with Crippen LogP contribution >= 0.6 is 0 Å². The second-order valence-electron chi connectivity index (χ2n) is 6.61. The van der Waals surface area contributed by atoms with E-state index in [0.717, 1.165) is 31.5 Å². The van der Waals surface area contributed by atoms with Crippen molar-refractivity contribution in [3.63, 3.8) is 0 Å². The SMILES string of the molecule is CS(=O)(=O)c1cc(N2CCN(Cc3cccc(O)c3)CC2)ccc1[N+](=O)[O-]. The van der Waals surface area contributed by atoms with Gasteiger partial charge in [-0.15, -0.1) is 0 Å². The number of nitrogens with zero attached hydrogens (tertiary/aromatic N) is 3. The van der Waals surface area contributed by atoms with E-state index in [1.807, 2.05) is 17.0 Å². The summed E-state index contributed by atoms with van der Waals surface area (Å²) in [5.41, 5.74) is 1.29. The number of anilines is 1. The molecule has 0 radical (unpaired) electrons. The molecule has 8 nitrogen and oxygen atoms in total. The number of nitro benzene ring substituents is 1. The van der Waals surface area contributed by atoms with Crippen LogP contribution in [0.5, 0.6) is 5.75 Å². The van der Waals surface area contributed by atoms with E-state index in [9.17, 15) is 23.6 Å². The molecule has 1 fully saturated rings. The Morgan fingerprint density at radius 3 is 2.41 bits per heavy atom. The number of aromatic hydroxyl groups is 1. The maximum Gasteiger partial charge on any atom is 0.288 e. The molecule has 1 aliphatic heterocycles. The molecule has 144 valence electrons. The maximum absolute atomic E-state index is 11.9. The fraction of sp³-hybridized carbons (Fsp3) is 0.333. The van der Waals surface area contributed by atoms with Crippen LogP contribution in [0, 0.1) is 10.1 Å². The first-order valence-corrected chi connectivity index (χ1v) is 10.4. The van der Waals surface area contributed by atoms with Crippen molar-refractivity contribution in [1.29, 1.82) is 0 Å². The van der Waals surface area contributed by atoms with E-state index in [1.54, 1.807) is 18.2 Å². The van der Waals surface area contributed by atoms with Crippen molar-refractivity contribution < 1.29 is 18.4 Å². The Hall–Kier alpha value is -2.65. The minimum absolute atomic E-state index is 0.241. The molecule has 1 heterocycles. The van der Waals surface area contributed by atoms with Gasteiger partial charge in [-0.3, -0.25) is 15.0 Å². The number of hydrogen-bond acceptors (Lipinski definition) is 7. The molecular formula is C18H21N3O5S. The Balaban J connectivity index is 1.71. The number of hydrogen-bond donors (Lipinski definition) is 1. The molecule has 0 saturated carbocycles. The van der Waals surface area contributed by atoms with Gasteiger partial charge in [0.05, 0.1) is 4.92 Å². The molecule has 0 amide bonds.